The molecule has 2 saturated heterocycles. The quantitative estimate of drug-likeness (QED) is 0.800. The van der Waals surface area contributed by atoms with Crippen molar-refractivity contribution in [3.63, 3.8) is 0 Å². The van der Waals surface area contributed by atoms with Crippen LogP contribution < -0.4 is 9.80 Å². The van der Waals surface area contributed by atoms with Gasteiger partial charge in [-0.15, -0.1) is 0 Å². The molecule has 0 bridgehead atoms. The molecule has 0 unspecified atom stereocenters. The van der Waals surface area contributed by atoms with E-state index in [4.69, 9.17) is 9.72 Å². The van der Waals surface area contributed by atoms with Crippen LogP contribution in [0.1, 0.15) is 0 Å². The third kappa shape index (κ3) is 3.97. The molecule has 0 N–H and O–H groups in total. The summed E-state index contributed by atoms with van der Waals surface area (Å²) in [7, 11) is 0. The first-order valence-corrected chi connectivity index (χ1v) is 8.48. The molecule has 2 fully saturated rings. The fraction of sp³-hybridized carbons (Fsp3) is 0.600. The summed E-state index contributed by atoms with van der Waals surface area (Å²) < 4.78 is 6.43. The zero-order valence-corrected chi connectivity index (χ0v) is 14.3. The van der Waals surface area contributed by atoms with Gasteiger partial charge in [0.25, 0.3) is 0 Å². The van der Waals surface area contributed by atoms with Gasteiger partial charge in [-0.3, -0.25) is 4.90 Å². The number of rotatable bonds is 4. The number of nitrogens with zero attached hydrogens (tertiary/aromatic N) is 5. The smallest absolute Gasteiger partial charge is 0.227 e. The first kappa shape index (κ1) is 15.7. The van der Waals surface area contributed by atoms with E-state index in [0.717, 1.165) is 75.3 Å². The van der Waals surface area contributed by atoms with Crippen molar-refractivity contribution in [3.8, 4) is 0 Å². The van der Waals surface area contributed by atoms with Crippen molar-refractivity contribution >= 4 is 27.7 Å². The van der Waals surface area contributed by atoms with Gasteiger partial charge in [0.2, 0.25) is 5.95 Å². The molecule has 3 heterocycles. The van der Waals surface area contributed by atoms with Gasteiger partial charge in [-0.1, -0.05) is 22.5 Å². The highest BCUT2D eigenvalue weighted by Gasteiger charge is 2.20. The van der Waals surface area contributed by atoms with Crippen LogP contribution in [0.15, 0.2) is 23.3 Å². The highest BCUT2D eigenvalue weighted by Crippen LogP contribution is 2.18. The van der Waals surface area contributed by atoms with Crippen molar-refractivity contribution in [1.29, 1.82) is 0 Å². The van der Waals surface area contributed by atoms with Crippen LogP contribution in [0, 0.1) is 0 Å². The molecule has 0 amide bonds. The zero-order chi connectivity index (χ0) is 15.4. The Morgan fingerprint density at radius 2 is 1.86 bits per heavy atom. The number of ether oxygens (including phenoxy) is 1. The number of hydrogen-bond acceptors (Lipinski definition) is 6. The molecule has 3 rings (SSSR count). The van der Waals surface area contributed by atoms with Gasteiger partial charge in [-0.05, 0) is 6.07 Å². The van der Waals surface area contributed by atoms with Gasteiger partial charge in [-0.2, -0.15) is 4.98 Å². The standard InChI is InChI=1S/C15H22BrN5O/c1-13(16)12-19-4-6-21(7-5-19)15-17-3-2-14(18-15)20-8-10-22-11-9-20/h2-3H,1,4-12H2. The van der Waals surface area contributed by atoms with Crippen molar-refractivity contribution in [2.45, 2.75) is 0 Å². The van der Waals surface area contributed by atoms with Crippen molar-refractivity contribution in [3.05, 3.63) is 23.3 Å². The SMILES string of the molecule is C=C(Br)CN1CCN(c2nccc(N3CCOCC3)n2)CC1. The van der Waals surface area contributed by atoms with E-state index in [1.54, 1.807) is 0 Å². The second-order valence-electron chi connectivity index (χ2n) is 5.59. The summed E-state index contributed by atoms with van der Waals surface area (Å²) in [5, 5.41) is 0. The van der Waals surface area contributed by atoms with E-state index in [9.17, 15) is 0 Å². The Morgan fingerprint density at radius 1 is 1.14 bits per heavy atom. The second-order valence-corrected chi connectivity index (χ2v) is 6.72. The Balaban J connectivity index is 1.62. The lowest BCUT2D eigenvalue weighted by atomic mass is 10.3. The third-order valence-corrected chi connectivity index (χ3v) is 4.26. The fourth-order valence-electron chi connectivity index (χ4n) is 2.81. The Morgan fingerprint density at radius 3 is 2.55 bits per heavy atom. The van der Waals surface area contributed by atoms with Gasteiger partial charge in [-0.25, -0.2) is 4.98 Å². The minimum Gasteiger partial charge on any atom is -0.378 e. The molecule has 0 spiro atoms. The largest absolute Gasteiger partial charge is 0.378 e. The van der Waals surface area contributed by atoms with Crippen LogP contribution in [0.3, 0.4) is 0 Å². The van der Waals surface area contributed by atoms with Crippen LogP contribution in [0.25, 0.3) is 0 Å². The summed E-state index contributed by atoms with van der Waals surface area (Å²) >= 11 is 3.43. The van der Waals surface area contributed by atoms with Gasteiger partial charge in [0.15, 0.2) is 0 Å². The lowest BCUT2D eigenvalue weighted by Gasteiger charge is -2.35. The van der Waals surface area contributed by atoms with Gasteiger partial charge >= 0.3 is 0 Å². The Hall–Kier alpha value is -1.18. The summed E-state index contributed by atoms with van der Waals surface area (Å²) in [5.74, 6) is 1.84. The molecule has 120 valence electrons. The van der Waals surface area contributed by atoms with Gasteiger partial charge in [0.1, 0.15) is 5.82 Å². The molecule has 1 aromatic heterocycles. The van der Waals surface area contributed by atoms with E-state index in [1.807, 2.05) is 12.3 Å². The molecule has 0 radical (unpaired) electrons. The minimum absolute atomic E-state index is 0.772. The molecule has 1 aromatic rings. The average molecular weight is 368 g/mol. The Kier molecular flexibility index (Phi) is 5.28. The van der Waals surface area contributed by atoms with E-state index in [2.05, 4.69) is 42.2 Å². The van der Waals surface area contributed by atoms with Crippen molar-refractivity contribution < 1.29 is 4.74 Å². The molecular weight excluding hydrogens is 346 g/mol. The number of hydrogen-bond donors (Lipinski definition) is 0. The summed E-state index contributed by atoms with van der Waals surface area (Å²) in [6.07, 6.45) is 1.86. The van der Waals surface area contributed by atoms with Crippen LogP contribution in [-0.4, -0.2) is 73.9 Å². The van der Waals surface area contributed by atoms with Crippen LogP contribution in [0.2, 0.25) is 0 Å². The predicted molar refractivity (Wildman–Crippen MR) is 91.8 cm³/mol. The lowest BCUT2D eigenvalue weighted by Crippen LogP contribution is -2.47. The van der Waals surface area contributed by atoms with Crippen LogP contribution in [0.4, 0.5) is 11.8 Å². The van der Waals surface area contributed by atoms with E-state index in [1.165, 1.54) is 0 Å². The van der Waals surface area contributed by atoms with Crippen LogP contribution in [-0.2, 0) is 4.74 Å². The molecule has 22 heavy (non-hydrogen) atoms. The van der Waals surface area contributed by atoms with E-state index in [-0.39, 0.29) is 0 Å². The highest BCUT2D eigenvalue weighted by molar-refractivity contribution is 9.11. The summed E-state index contributed by atoms with van der Waals surface area (Å²) in [6.45, 7) is 12.1. The van der Waals surface area contributed by atoms with Crippen LogP contribution >= 0.6 is 15.9 Å². The summed E-state index contributed by atoms with van der Waals surface area (Å²) in [4.78, 5) is 16.1. The monoisotopic (exact) mass is 367 g/mol. The van der Waals surface area contributed by atoms with Gasteiger partial charge < -0.3 is 14.5 Å². The predicted octanol–water partition coefficient (Wildman–Crippen LogP) is 1.34. The van der Waals surface area contributed by atoms with Crippen LogP contribution in [0.5, 0.6) is 0 Å². The third-order valence-electron chi connectivity index (χ3n) is 4.01. The topological polar surface area (TPSA) is 44.7 Å². The van der Waals surface area contributed by atoms with E-state index in [0.29, 0.717) is 0 Å². The zero-order valence-electron chi connectivity index (χ0n) is 12.7. The number of anilines is 2. The molecule has 6 nitrogen and oxygen atoms in total. The molecule has 2 aliphatic heterocycles. The van der Waals surface area contributed by atoms with E-state index < -0.39 is 0 Å². The van der Waals surface area contributed by atoms with E-state index >= 15 is 0 Å². The molecule has 7 heteroatoms. The lowest BCUT2D eigenvalue weighted by molar-refractivity contribution is 0.122. The molecule has 0 aliphatic carbocycles. The Labute approximate surface area is 139 Å². The number of aromatic nitrogens is 2. The first-order chi connectivity index (χ1) is 10.7. The maximum Gasteiger partial charge on any atom is 0.227 e. The number of halogens is 1. The molecule has 2 aliphatic rings. The normalized spacial score (nSPS) is 20.2. The molecule has 0 atom stereocenters. The van der Waals surface area contributed by atoms with Gasteiger partial charge in [0.05, 0.1) is 13.2 Å². The number of morpholine rings is 1. The fourth-order valence-corrected chi connectivity index (χ4v) is 3.16. The van der Waals surface area contributed by atoms with Gasteiger partial charge in [0, 0.05) is 56.5 Å². The Bertz CT molecular complexity index is 512. The maximum absolute atomic E-state index is 5.40. The van der Waals surface area contributed by atoms with Crippen molar-refractivity contribution in [2.24, 2.45) is 0 Å². The maximum atomic E-state index is 5.40. The first-order valence-electron chi connectivity index (χ1n) is 7.69. The van der Waals surface area contributed by atoms with Crippen molar-refractivity contribution in [2.75, 3.05) is 68.8 Å². The molecule has 0 aromatic carbocycles. The second kappa shape index (κ2) is 7.39. The molecular formula is C15H22BrN5O. The van der Waals surface area contributed by atoms with Crippen molar-refractivity contribution in [1.82, 2.24) is 14.9 Å². The minimum atomic E-state index is 0.772. The summed E-state index contributed by atoms with van der Waals surface area (Å²) in [6, 6.07) is 1.99. The summed E-state index contributed by atoms with van der Waals surface area (Å²) in [5.41, 5.74) is 0. The molecule has 0 saturated carbocycles. The average Bonchev–Trinajstić information content (AvgIpc) is 2.56. The number of piperazine rings is 1. The highest BCUT2D eigenvalue weighted by atomic mass is 79.9.